The number of halogens is 3. The van der Waals surface area contributed by atoms with Crippen LogP contribution in [0.15, 0.2) is 51.7 Å². The first-order chi connectivity index (χ1) is 13.7. The maximum atomic E-state index is 12.3. The smallest absolute Gasteiger partial charge is 0.408 e. The Kier molecular flexibility index (Phi) is 5.67. The Bertz CT molecular complexity index is 1070. The molecule has 2 aromatic carbocycles. The lowest BCUT2D eigenvalue weighted by molar-refractivity contribution is -0.274. The number of rotatable bonds is 6. The summed E-state index contributed by atoms with van der Waals surface area (Å²) in [5.41, 5.74) is 2.03. The molecule has 0 unspecified atom stereocenters. The number of amides is 1. The van der Waals surface area contributed by atoms with Crippen molar-refractivity contribution >= 4 is 17.0 Å². The second kappa shape index (κ2) is 8.02. The van der Waals surface area contributed by atoms with Gasteiger partial charge in [-0.3, -0.25) is 9.36 Å². The Hall–Kier alpha value is -3.23. The molecule has 0 aliphatic carbocycles. The number of oxazole rings is 1. The second-order valence-corrected chi connectivity index (χ2v) is 6.52. The molecule has 0 atom stereocenters. The summed E-state index contributed by atoms with van der Waals surface area (Å²) < 4.78 is 47.2. The van der Waals surface area contributed by atoms with Crippen molar-refractivity contribution in [2.75, 3.05) is 13.6 Å². The Labute approximate surface area is 164 Å². The van der Waals surface area contributed by atoms with Crippen molar-refractivity contribution in [3.63, 3.8) is 0 Å². The summed E-state index contributed by atoms with van der Waals surface area (Å²) in [6, 6.07) is 10.3. The van der Waals surface area contributed by atoms with Crippen LogP contribution in [-0.2, 0) is 11.3 Å². The molecule has 1 heterocycles. The third-order valence-electron chi connectivity index (χ3n) is 4.37. The van der Waals surface area contributed by atoms with Crippen molar-refractivity contribution < 1.29 is 27.1 Å². The van der Waals surface area contributed by atoms with E-state index in [9.17, 15) is 22.8 Å². The Balaban J connectivity index is 1.91. The highest BCUT2D eigenvalue weighted by molar-refractivity contribution is 5.83. The van der Waals surface area contributed by atoms with E-state index in [4.69, 9.17) is 4.42 Å². The first-order valence-electron chi connectivity index (χ1n) is 8.91. The van der Waals surface area contributed by atoms with Crippen LogP contribution < -0.4 is 10.5 Å². The van der Waals surface area contributed by atoms with Gasteiger partial charge in [0.25, 0.3) is 0 Å². The number of aromatic nitrogens is 1. The van der Waals surface area contributed by atoms with E-state index in [2.05, 4.69) is 4.74 Å². The standard InChI is InChI=1S/C20H19F3N2O4/c1-3-10-24(2)18(26)12-25-16-11-14(6-9-17(16)28-19(25)27)13-4-7-15(8-5-13)29-20(21,22)23/h4-9,11H,3,10,12H2,1-2H3. The molecule has 1 amide bonds. The lowest BCUT2D eigenvalue weighted by Crippen LogP contribution is -2.33. The van der Waals surface area contributed by atoms with Crippen molar-refractivity contribution in [1.29, 1.82) is 0 Å². The summed E-state index contributed by atoms with van der Waals surface area (Å²) >= 11 is 0. The SMILES string of the molecule is CCCN(C)C(=O)Cn1c(=O)oc2ccc(-c3ccc(OC(F)(F)F)cc3)cc21. The minimum Gasteiger partial charge on any atom is -0.408 e. The van der Waals surface area contributed by atoms with Gasteiger partial charge in [-0.25, -0.2) is 4.79 Å². The Morgan fingerprint density at radius 2 is 1.79 bits per heavy atom. The largest absolute Gasteiger partial charge is 0.573 e. The van der Waals surface area contributed by atoms with Crippen LogP contribution in [0, 0.1) is 0 Å². The molecule has 0 saturated carbocycles. The minimum absolute atomic E-state index is 0.163. The summed E-state index contributed by atoms with van der Waals surface area (Å²) in [5.74, 6) is -1.20. The molecule has 6 nitrogen and oxygen atoms in total. The van der Waals surface area contributed by atoms with Crippen LogP contribution in [0.4, 0.5) is 13.2 Å². The number of ether oxygens (including phenoxy) is 1. The van der Waals surface area contributed by atoms with Crippen LogP contribution in [0.1, 0.15) is 13.3 Å². The maximum absolute atomic E-state index is 12.3. The molecule has 0 spiro atoms. The van der Waals surface area contributed by atoms with Gasteiger partial charge < -0.3 is 14.1 Å². The molecule has 0 aliphatic heterocycles. The number of carbonyl (C=O) groups is 1. The van der Waals surface area contributed by atoms with Crippen LogP contribution in [0.3, 0.4) is 0 Å². The van der Waals surface area contributed by atoms with E-state index in [1.54, 1.807) is 25.2 Å². The zero-order chi connectivity index (χ0) is 21.2. The third kappa shape index (κ3) is 4.79. The van der Waals surface area contributed by atoms with Crippen LogP contribution >= 0.6 is 0 Å². The van der Waals surface area contributed by atoms with Gasteiger partial charge in [-0.05, 0) is 41.8 Å². The molecule has 9 heteroatoms. The fourth-order valence-corrected chi connectivity index (χ4v) is 2.96. The average Bonchev–Trinajstić information content (AvgIpc) is 2.96. The highest BCUT2D eigenvalue weighted by atomic mass is 19.4. The summed E-state index contributed by atoms with van der Waals surface area (Å²) in [6.07, 6.45) is -3.97. The van der Waals surface area contributed by atoms with Gasteiger partial charge in [0, 0.05) is 13.6 Å². The summed E-state index contributed by atoms with van der Waals surface area (Å²) in [5, 5.41) is 0. The topological polar surface area (TPSA) is 64.7 Å². The highest BCUT2D eigenvalue weighted by Gasteiger charge is 2.31. The molecule has 0 fully saturated rings. The molecule has 0 saturated heterocycles. The van der Waals surface area contributed by atoms with Gasteiger partial charge in [0.15, 0.2) is 5.58 Å². The predicted molar refractivity (Wildman–Crippen MR) is 101 cm³/mol. The van der Waals surface area contributed by atoms with Crippen molar-refractivity contribution in [3.8, 4) is 16.9 Å². The molecule has 154 valence electrons. The molecule has 0 bridgehead atoms. The summed E-state index contributed by atoms with van der Waals surface area (Å²) in [4.78, 5) is 26.0. The zero-order valence-electron chi connectivity index (χ0n) is 15.8. The summed E-state index contributed by atoms with van der Waals surface area (Å²) in [6.45, 7) is 2.35. The van der Waals surface area contributed by atoms with Crippen LogP contribution in [-0.4, -0.2) is 35.3 Å². The van der Waals surface area contributed by atoms with E-state index in [1.807, 2.05) is 6.92 Å². The van der Waals surface area contributed by atoms with E-state index in [0.717, 1.165) is 6.42 Å². The number of hydrogen-bond donors (Lipinski definition) is 0. The van der Waals surface area contributed by atoms with E-state index in [1.165, 1.54) is 33.7 Å². The van der Waals surface area contributed by atoms with Crippen LogP contribution in [0.5, 0.6) is 5.75 Å². The third-order valence-corrected chi connectivity index (χ3v) is 4.37. The van der Waals surface area contributed by atoms with Crippen molar-refractivity contribution in [1.82, 2.24) is 9.47 Å². The van der Waals surface area contributed by atoms with E-state index >= 15 is 0 Å². The van der Waals surface area contributed by atoms with Gasteiger partial charge in [-0.2, -0.15) is 0 Å². The van der Waals surface area contributed by atoms with Crippen LogP contribution in [0.2, 0.25) is 0 Å². The maximum Gasteiger partial charge on any atom is 0.573 e. The Morgan fingerprint density at radius 1 is 1.14 bits per heavy atom. The van der Waals surface area contributed by atoms with Gasteiger partial charge in [-0.15, -0.1) is 13.2 Å². The van der Waals surface area contributed by atoms with Crippen molar-refractivity contribution in [2.24, 2.45) is 0 Å². The second-order valence-electron chi connectivity index (χ2n) is 6.52. The molecule has 1 aromatic heterocycles. The fourth-order valence-electron chi connectivity index (χ4n) is 2.96. The summed E-state index contributed by atoms with van der Waals surface area (Å²) in [7, 11) is 1.66. The molecule has 29 heavy (non-hydrogen) atoms. The molecule has 3 aromatic rings. The van der Waals surface area contributed by atoms with Gasteiger partial charge in [-0.1, -0.05) is 25.1 Å². The van der Waals surface area contributed by atoms with Gasteiger partial charge in [0.2, 0.25) is 5.91 Å². The number of carbonyl (C=O) groups excluding carboxylic acids is 1. The molecule has 0 radical (unpaired) electrons. The molecule has 0 aliphatic rings. The number of nitrogens with zero attached hydrogens (tertiary/aromatic N) is 2. The normalized spacial score (nSPS) is 11.6. The predicted octanol–water partition coefficient (Wildman–Crippen LogP) is 4.03. The number of benzene rings is 2. The van der Waals surface area contributed by atoms with Gasteiger partial charge in [0.1, 0.15) is 12.3 Å². The van der Waals surface area contributed by atoms with Crippen molar-refractivity contribution in [3.05, 3.63) is 53.0 Å². The zero-order valence-corrected chi connectivity index (χ0v) is 15.8. The number of likely N-dealkylation sites (N-methyl/N-ethyl adjacent to an activating group) is 1. The first-order valence-corrected chi connectivity index (χ1v) is 8.91. The van der Waals surface area contributed by atoms with E-state index in [-0.39, 0.29) is 18.2 Å². The highest BCUT2D eigenvalue weighted by Crippen LogP contribution is 2.28. The van der Waals surface area contributed by atoms with Gasteiger partial charge in [0.05, 0.1) is 5.52 Å². The molecular formula is C20H19F3N2O4. The molecule has 0 N–H and O–H groups in total. The monoisotopic (exact) mass is 408 g/mol. The first kappa shape index (κ1) is 20.5. The molecular weight excluding hydrogens is 389 g/mol. The number of fused-ring (bicyclic) bond motifs is 1. The average molecular weight is 408 g/mol. The Morgan fingerprint density at radius 3 is 2.41 bits per heavy atom. The van der Waals surface area contributed by atoms with Crippen molar-refractivity contribution in [2.45, 2.75) is 26.3 Å². The number of alkyl halides is 3. The van der Waals surface area contributed by atoms with Gasteiger partial charge >= 0.3 is 12.1 Å². The number of hydrogen-bond acceptors (Lipinski definition) is 4. The minimum atomic E-state index is -4.76. The van der Waals surface area contributed by atoms with E-state index < -0.39 is 12.1 Å². The lowest BCUT2D eigenvalue weighted by Gasteiger charge is -2.16. The van der Waals surface area contributed by atoms with Crippen LogP contribution in [0.25, 0.3) is 22.2 Å². The van der Waals surface area contributed by atoms with E-state index in [0.29, 0.717) is 28.8 Å². The fraction of sp³-hybridized carbons (Fsp3) is 0.300. The lowest BCUT2D eigenvalue weighted by atomic mass is 10.1. The quantitative estimate of drug-likeness (QED) is 0.618. The molecule has 3 rings (SSSR count).